The van der Waals surface area contributed by atoms with Gasteiger partial charge in [0.15, 0.2) is 0 Å². The number of pyridine rings is 1. The van der Waals surface area contributed by atoms with Crippen LogP contribution in [0.3, 0.4) is 0 Å². The van der Waals surface area contributed by atoms with Gasteiger partial charge >= 0.3 is 0 Å². The van der Waals surface area contributed by atoms with Gasteiger partial charge in [0.25, 0.3) is 5.69 Å². The molecule has 1 heterocycles. The molecule has 19 heavy (non-hydrogen) atoms. The number of halogens is 1. The van der Waals surface area contributed by atoms with E-state index in [1.54, 1.807) is 12.1 Å². The fraction of sp³-hybridized carbons (Fsp3) is 0. The van der Waals surface area contributed by atoms with Crippen LogP contribution in [0.1, 0.15) is 5.56 Å². The Kier molecular flexibility index (Phi) is 3.77. The average Bonchev–Trinajstić information content (AvgIpc) is 2.39. The first-order valence-corrected chi connectivity index (χ1v) is 5.30. The summed E-state index contributed by atoms with van der Waals surface area (Å²) in [6.45, 7) is 0. The zero-order chi connectivity index (χ0) is 13.7. The van der Waals surface area contributed by atoms with Gasteiger partial charge in [-0.05, 0) is 23.8 Å². The highest BCUT2D eigenvalue weighted by Gasteiger charge is 2.04. The third-order valence-electron chi connectivity index (χ3n) is 2.20. The Morgan fingerprint density at radius 3 is 2.84 bits per heavy atom. The molecule has 0 bridgehead atoms. The van der Waals surface area contributed by atoms with Crippen LogP contribution in [0.5, 0.6) is 0 Å². The van der Waals surface area contributed by atoms with Crippen molar-refractivity contribution in [1.82, 2.24) is 4.98 Å². The van der Waals surface area contributed by atoms with Crippen molar-refractivity contribution in [2.45, 2.75) is 0 Å². The summed E-state index contributed by atoms with van der Waals surface area (Å²) in [4.78, 5) is 13.7. The van der Waals surface area contributed by atoms with E-state index in [9.17, 15) is 14.5 Å². The average molecular weight is 260 g/mol. The third-order valence-corrected chi connectivity index (χ3v) is 2.20. The van der Waals surface area contributed by atoms with E-state index in [2.05, 4.69) is 15.5 Å². The van der Waals surface area contributed by atoms with Crippen LogP contribution in [0.4, 0.5) is 15.9 Å². The molecule has 2 rings (SSSR count). The number of hydrogen-bond acceptors (Lipinski definition) is 5. The summed E-state index contributed by atoms with van der Waals surface area (Å²) in [7, 11) is 0. The molecule has 0 saturated heterocycles. The number of hydrogen-bond donors (Lipinski definition) is 1. The highest BCUT2D eigenvalue weighted by Crippen LogP contribution is 2.11. The van der Waals surface area contributed by atoms with Crippen molar-refractivity contribution in [1.29, 1.82) is 0 Å². The van der Waals surface area contributed by atoms with Crippen LogP contribution < -0.4 is 5.43 Å². The summed E-state index contributed by atoms with van der Waals surface area (Å²) >= 11 is 0. The zero-order valence-electron chi connectivity index (χ0n) is 9.65. The van der Waals surface area contributed by atoms with Crippen LogP contribution in [0, 0.1) is 15.9 Å². The van der Waals surface area contributed by atoms with Gasteiger partial charge in [0.05, 0.1) is 11.1 Å². The van der Waals surface area contributed by atoms with Gasteiger partial charge < -0.3 is 0 Å². The zero-order valence-corrected chi connectivity index (χ0v) is 9.65. The van der Waals surface area contributed by atoms with Crippen LogP contribution in [0.25, 0.3) is 0 Å². The molecule has 0 atom stereocenters. The summed E-state index contributed by atoms with van der Waals surface area (Å²) in [5.41, 5.74) is 3.09. The Morgan fingerprint density at radius 1 is 1.37 bits per heavy atom. The number of nitrogens with one attached hydrogen (secondary N) is 1. The minimum Gasteiger partial charge on any atom is -0.261 e. The number of benzene rings is 1. The van der Waals surface area contributed by atoms with Crippen molar-refractivity contribution in [2.75, 3.05) is 5.43 Å². The molecule has 1 aromatic heterocycles. The summed E-state index contributed by atoms with van der Waals surface area (Å²) in [6.07, 6.45) is 2.55. The molecule has 0 aliphatic heterocycles. The van der Waals surface area contributed by atoms with Gasteiger partial charge in [-0.2, -0.15) is 5.10 Å². The highest BCUT2D eigenvalue weighted by molar-refractivity contribution is 5.79. The highest BCUT2D eigenvalue weighted by atomic mass is 19.1. The fourth-order valence-corrected chi connectivity index (χ4v) is 1.32. The van der Waals surface area contributed by atoms with E-state index < -0.39 is 4.92 Å². The minimum atomic E-state index is -0.535. The van der Waals surface area contributed by atoms with Crippen molar-refractivity contribution in [3.05, 3.63) is 64.1 Å². The number of aromatic nitrogens is 1. The molecule has 7 heteroatoms. The number of nitro groups is 1. The molecule has 0 spiro atoms. The normalized spacial score (nSPS) is 10.6. The van der Waals surface area contributed by atoms with Crippen molar-refractivity contribution >= 4 is 17.7 Å². The largest absolute Gasteiger partial charge is 0.287 e. The lowest BCUT2D eigenvalue weighted by molar-refractivity contribution is -0.385. The van der Waals surface area contributed by atoms with Crippen molar-refractivity contribution in [3.8, 4) is 0 Å². The first-order valence-electron chi connectivity index (χ1n) is 5.30. The van der Waals surface area contributed by atoms with Gasteiger partial charge in [0, 0.05) is 6.07 Å². The Morgan fingerprint density at radius 2 is 2.21 bits per heavy atom. The maximum atomic E-state index is 12.9. The first kappa shape index (κ1) is 12.6. The monoisotopic (exact) mass is 260 g/mol. The molecular weight excluding hydrogens is 251 g/mol. The summed E-state index contributed by atoms with van der Waals surface area (Å²) in [6, 6.07) is 8.67. The van der Waals surface area contributed by atoms with Gasteiger partial charge in [0.1, 0.15) is 17.8 Å². The fourth-order valence-electron chi connectivity index (χ4n) is 1.32. The minimum absolute atomic E-state index is 0.0975. The van der Waals surface area contributed by atoms with Gasteiger partial charge in [0.2, 0.25) is 0 Å². The Labute approximate surface area is 107 Å². The molecule has 6 nitrogen and oxygen atoms in total. The SMILES string of the molecule is O=[N+]([O-])c1ccc(N/N=C/c2cccc(F)c2)nc1. The number of nitrogens with zero attached hydrogens (tertiary/aromatic N) is 3. The molecule has 0 amide bonds. The standard InChI is InChI=1S/C12H9FN4O2/c13-10-3-1-2-9(6-10)7-15-16-12-5-4-11(8-14-12)17(18)19/h1-8H,(H,14,16)/b15-7+. The van der Waals surface area contributed by atoms with Crippen molar-refractivity contribution < 1.29 is 9.31 Å². The van der Waals surface area contributed by atoms with Crippen LogP contribution >= 0.6 is 0 Å². The molecule has 2 aromatic rings. The van der Waals surface area contributed by atoms with Crippen LogP contribution in [-0.2, 0) is 0 Å². The second-order valence-corrected chi connectivity index (χ2v) is 3.58. The summed E-state index contributed by atoms with van der Waals surface area (Å²) in [5, 5.41) is 14.3. The number of anilines is 1. The maximum absolute atomic E-state index is 12.9. The second kappa shape index (κ2) is 5.67. The lowest BCUT2D eigenvalue weighted by atomic mass is 10.2. The third kappa shape index (κ3) is 3.56. The predicted octanol–water partition coefficient (Wildman–Crippen LogP) is 2.57. The van der Waals surface area contributed by atoms with Crippen molar-refractivity contribution in [3.63, 3.8) is 0 Å². The lowest BCUT2D eigenvalue weighted by Gasteiger charge is -1.98. The van der Waals surface area contributed by atoms with E-state index in [4.69, 9.17) is 0 Å². The lowest BCUT2D eigenvalue weighted by Crippen LogP contribution is -1.95. The molecule has 0 aliphatic rings. The van der Waals surface area contributed by atoms with Crippen LogP contribution in [0.15, 0.2) is 47.7 Å². The van der Waals surface area contributed by atoms with Gasteiger partial charge in [-0.3, -0.25) is 15.5 Å². The van der Waals surface area contributed by atoms with E-state index in [0.29, 0.717) is 11.4 Å². The second-order valence-electron chi connectivity index (χ2n) is 3.58. The molecule has 0 radical (unpaired) electrons. The molecule has 1 aromatic carbocycles. The predicted molar refractivity (Wildman–Crippen MR) is 68.5 cm³/mol. The summed E-state index contributed by atoms with van der Waals surface area (Å²) < 4.78 is 12.9. The van der Waals surface area contributed by atoms with Gasteiger partial charge in [-0.1, -0.05) is 12.1 Å². The molecule has 0 fully saturated rings. The number of hydrazone groups is 1. The number of rotatable bonds is 4. The van der Waals surface area contributed by atoms with Crippen LogP contribution in [0.2, 0.25) is 0 Å². The van der Waals surface area contributed by atoms with Crippen molar-refractivity contribution in [2.24, 2.45) is 5.10 Å². The Balaban J connectivity index is 2.00. The van der Waals surface area contributed by atoms with E-state index in [-0.39, 0.29) is 11.5 Å². The summed E-state index contributed by atoms with van der Waals surface area (Å²) in [5.74, 6) is 0.00987. The molecule has 0 saturated carbocycles. The van der Waals surface area contributed by atoms with Crippen LogP contribution in [-0.4, -0.2) is 16.1 Å². The smallest absolute Gasteiger partial charge is 0.261 e. The molecule has 0 unspecified atom stereocenters. The quantitative estimate of drug-likeness (QED) is 0.520. The first-order chi connectivity index (χ1) is 9.15. The maximum Gasteiger partial charge on any atom is 0.287 e. The Hall–Kier alpha value is -2.83. The van der Waals surface area contributed by atoms with E-state index in [0.717, 1.165) is 6.20 Å². The van der Waals surface area contributed by atoms with E-state index in [1.807, 2.05) is 0 Å². The molecular formula is C12H9FN4O2. The van der Waals surface area contributed by atoms with Gasteiger partial charge in [-0.25, -0.2) is 9.37 Å². The molecule has 0 aliphatic carbocycles. The van der Waals surface area contributed by atoms with Gasteiger partial charge in [-0.15, -0.1) is 0 Å². The Bertz CT molecular complexity index is 613. The molecule has 96 valence electrons. The molecule has 1 N–H and O–H groups in total. The topological polar surface area (TPSA) is 80.4 Å². The van der Waals surface area contributed by atoms with E-state index in [1.165, 1.54) is 30.5 Å². The van der Waals surface area contributed by atoms with E-state index >= 15 is 0 Å².